The number of carbonyl (C=O) groups excluding carboxylic acids is 5. The molecule has 0 spiro atoms. The van der Waals surface area contributed by atoms with Crippen molar-refractivity contribution in [2.45, 2.75) is 51.5 Å². The van der Waals surface area contributed by atoms with E-state index in [4.69, 9.17) is 9.47 Å². The molecule has 10 heteroatoms. The zero-order chi connectivity index (χ0) is 28.2. The highest BCUT2D eigenvalue weighted by atomic mass is 16.7. The highest BCUT2D eigenvalue weighted by Gasteiger charge is 2.40. The Morgan fingerprint density at radius 3 is 2.00 bits per heavy atom. The number of amides is 4. The van der Waals surface area contributed by atoms with Crippen LogP contribution < -0.4 is 4.74 Å². The van der Waals surface area contributed by atoms with Crippen molar-refractivity contribution in [2.24, 2.45) is 0 Å². The zero-order valence-corrected chi connectivity index (χ0v) is 22.6. The second kappa shape index (κ2) is 11.9. The van der Waals surface area contributed by atoms with Crippen LogP contribution >= 0.6 is 0 Å². The van der Waals surface area contributed by atoms with Crippen molar-refractivity contribution in [3.8, 4) is 5.75 Å². The average Bonchev–Trinajstić information content (AvgIpc) is 3.11. The third-order valence-electron chi connectivity index (χ3n) is 7.74. The summed E-state index contributed by atoms with van der Waals surface area (Å²) in [7, 11) is 0. The van der Waals surface area contributed by atoms with Crippen LogP contribution in [0.5, 0.6) is 5.75 Å². The molecule has 1 saturated heterocycles. The first-order chi connectivity index (χ1) is 19.4. The minimum atomic E-state index is -0.806. The van der Waals surface area contributed by atoms with Gasteiger partial charge in [0.2, 0.25) is 0 Å². The Kier molecular flexibility index (Phi) is 8.14. The highest BCUT2D eigenvalue weighted by molar-refractivity contribution is 6.22. The van der Waals surface area contributed by atoms with Crippen molar-refractivity contribution < 1.29 is 33.4 Å². The molecule has 0 radical (unpaired) electrons. The monoisotopic (exact) mass is 547 g/mol. The maximum atomic E-state index is 13.4. The molecule has 2 fully saturated rings. The van der Waals surface area contributed by atoms with Crippen LogP contribution in [-0.2, 0) is 4.74 Å². The quantitative estimate of drug-likeness (QED) is 0.314. The fourth-order valence-corrected chi connectivity index (χ4v) is 5.66. The summed E-state index contributed by atoms with van der Waals surface area (Å²) in [4.78, 5) is 68.9. The van der Waals surface area contributed by atoms with Crippen LogP contribution in [0.15, 0.2) is 42.5 Å². The van der Waals surface area contributed by atoms with Crippen molar-refractivity contribution >= 4 is 29.8 Å². The Morgan fingerprint density at radius 1 is 0.750 bits per heavy atom. The fraction of sp³-hybridized carbons (Fsp3) is 0.433. The average molecular weight is 548 g/mol. The van der Waals surface area contributed by atoms with Gasteiger partial charge in [-0.3, -0.25) is 24.1 Å². The zero-order valence-electron chi connectivity index (χ0n) is 22.6. The van der Waals surface area contributed by atoms with E-state index in [0.29, 0.717) is 54.9 Å². The second-order valence-electron chi connectivity index (χ2n) is 10.3. The number of ether oxygens (including phenoxy) is 2. The number of nitrogens with zero attached hydrogens (tertiary/aromatic N) is 3. The lowest BCUT2D eigenvalue weighted by Gasteiger charge is -2.29. The van der Waals surface area contributed by atoms with E-state index in [9.17, 15) is 24.0 Å². The Hall–Kier alpha value is -4.21. The van der Waals surface area contributed by atoms with E-state index in [1.165, 1.54) is 17.0 Å². The molecule has 2 aromatic carbocycles. The summed E-state index contributed by atoms with van der Waals surface area (Å²) in [6, 6.07) is 10.9. The van der Waals surface area contributed by atoms with Gasteiger partial charge in [0, 0.05) is 43.3 Å². The largest absolute Gasteiger partial charge is 0.513 e. The van der Waals surface area contributed by atoms with Gasteiger partial charge in [0.25, 0.3) is 23.6 Å². The van der Waals surface area contributed by atoms with E-state index in [1.54, 1.807) is 47.1 Å². The third kappa shape index (κ3) is 5.57. The molecule has 1 aliphatic carbocycles. The number of benzene rings is 2. The summed E-state index contributed by atoms with van der Waals surface area (Å²) >= 11 is 0. The topological polar surface area (TPSA) is 114 Å². The van der Waals surface area contributed by atoms with E-state index >= 15 is 0 Å². The molecule has 2 aliphatic heterocycles. The van der Waals surface area contributed by atoms with Gasteiger partial charge in [-0.2, -0.15) is 0 Å². The van der Waals surface area contributed by atoms with Crippen LogP contribution in [0.1, 0.15) is 86.9 Å². The SMILES string of the molecule is CCOC(=O)Oc1ccc(C(=O)N2CCCN(C(=O)c3ccc4c(c3)C(=O)N(C3CCCCC3)C4=O)CC2)cc1. The molecule has 2 aromatic rings. The fourth-order valence-electron chi connectivity index (χ4n) is 5.66. The molecule has 2 heterocycles. The van der Waals surface area contributed by atoms with Gasteiger partial charge in [-0.15, -0.1) is 0 Å². The predicted molar refractivity (Wildman–Crippen MR) is 144 cm³/mol. The first-order valence-electron chi connectivity index (χ1n) is 13.9. The van der Waals surface area contributed by atoms with Gasteiger partial charge in [0.05, 0.1) is 17.7 Å². The number of imide groups is 1. The number of hydrogen-bond donors (Lipinski definition) is 0. The van der Waals surface area contributed by atoms with Crippen LogP contribution in [-0.4, -0.2) is 83.3 Å². The first-order valence-corrected chi connectivity index (χ1v) is 13.9. The lowest BCUT2D eigenvalue weighted by molar-refractivity contribution is 0.0548. The molecule has 5 rings (SSSR count). The van der Waals surface area contributed by atoms with E-state index in [2.05, 4.69) is 0 Å². The van der Waals surface area contributed by atoms with Gasteiger partial charge in [0.15, 0.2) is 0 Å². The van der Waals surface area contributed by atoms with Crippen LogP contribution in [0.4, 0.5) is 4.79 Å². The Balaban J connectivity index is 1.22. The molecule has 3 aliphatic rings. The van der Waals surface area contributed by atoms with Gasteiger partial charge in [-0.05, 0) is 68.7 Å². The summed E-state index contributed by atoms with van der Waals surface area (Å²) in [6.07, 6.45) is 4.57. The summed E-state index contributed by atoms with van der Waals surface area (Å²) in [5.74, 6) is -0.711. The molecule has 0 aromatic heterocycles. The maximum absolute atomic E-state index is 13.4. The third-order valence-corrected chi connectivity index (χ3v) is 7.74. The molecular formula is C30H33N3O7. The van der Waals surface area contributed by atoms with E-state index < -0.39 is 6.16 Å². The van der Waals surface area contributed by atoms with Crippen molar-refractivity contribution in [3.63, 3.8) is 0 Å². The lowest BCUT2D eigenvalue weighted by Crippen LogP contribution is -2.40. The number of rotatable bonds is 5. The Bertz CT molecular complexity index is 1320. The minimum Gasteiger partial charge on any atom is -0.434 e. The standard InChI is InChI=1S/C30H33N3O7/c1-2-39-30(38)40-23-12-9-20(10-13-23)26(34)31-15-6-16-32(18-17-31)27(35)21-11-14-24-25(19-21)29(37)33(28(24)36)22-7-4-3-5-8-22/h9-14,19,22H,2-8,15-18H2,1H3. The molecule has 4 amide bonds. The predicted octanol–water partition coefficient (Wildman–Crippen LogP) is 4.14. The van der Waals surface area contributed by atoms with Gasteiger partial charge >= 0.3 is 6.16 Å². The molecule has 1 saturated carbocycles. The van der Waals surface area contributed by atoms with Crippen molar-refractivity contribution in [1.29, 1.82) is 0 Å². The van der Waals surface area contributed by atoms with Crippen LogP contribution in [0.25, 0.3) is 0 Å². The molecule has 0 bridgehead atoms. The first kappa shape index (κ1) is 27.4. The molecule has 0 N–H and O–H groups in total. The number of hydrogen-bond acceptors (Lipinski definition) is 7. The summed E-state index contributed by atoms with van der Waals surface area (Å²) in [6.45, 7) is 3.52. The molecule has 0 unspecified atom stereocenters. The van der Waals surface area contributed by atoms with Gasteiger partial charge < -0.3 is 19.3 Å². The summed E-state index contributed by atoms with van der Waals surface area (Å²) in [5, 5.41) is 0. The number of fused-ring (bicyclic) bond motifs is 1. The molecular weight excluding hydrogens is 514 g/mol. The summed E-state index contributed by atoms with van der Waals surface area (Å²) < 4.78 is 9.79. The van der Waals surface area contributed by atoms with E-state index in [1.807, 2.05) is 0 Å². The Labute approximate surface area is 232 Å². The van der Waals surface area contributed by atoms with Crippen LogP contribution in [0.3, 0.4) is 0 Å². The van der Waals surface area contributed by atoms with Crippen LogP contribution in [0, 0.1) is 0 Å². The molecule has 0 atom stereocenters. The lowest BCUT2D eigenvalue weighted by atomic mass is 9.94. The van der Waals surface area contributed by atoms with Crippen molar-refractivity contribution in [3.05, 3.63) is 64.7 Å². The van der Waals surface area contributed by atoms with Crippen LogP contribution in [0.2, 0.25) is 0 Å². The van der Waals surface area contributed by atoms with Gasteiger partial charge in [0.1, 0.15) is 5.75 Å². The normalized spacial score (nSPS) is 17.9. The Morgan fingerprint density at radius 2 is 1.35 bits per heavy atom. The maximum Gasteiger partial charge on any atom is 0.513 e. The second-order valence-corrected chi connectivity index (χ2v) is 10.3. The van der Waals surface area contributed by atoms with Crippen molar-refractivity contribution in [2.75, 3.05) is 32.8 Å². The highest BCUT2D eigenvalue weighted by Crippen LogP contribution is 2.31. The molecule has 10 nitrogen and oxygen atoms in total. The molecule has 40 heavy (non-hydrogen) atoms. The smallest absolute Gasteiger partial charge is 0.434 e. The van der Waals surface area contributed by atoms with Gasteiger partial charge in [-0.1, -0.05) is 19.3 Å². The molecule has 210 valence electrons. The van der Waals surface area contributed by atoms with E-state index in [-0.39, 0.29) is 42.0 Å². The number of carbonyl (C=O) groups is 5. The minimum absolute atomic E-state index is 0.0734. The van der Waals surface area contributed by atoms with E-state index in [0.717, 1.165) is 32.1 Å². The van der Waals surface area contributed by atoms with Crippen molar-refractivity contribution in [1.82, 2.24) is 14.7 Å². The summed E-state index contributed by atoms with van der Waals surface area (Å²) in [5.41, 5.74) is 1.46. The van der Waals surface area contributed by atoms with Gasteiger partial charge in [-0.25, -0.2) is 4.79 Å².